The van der Waals surface area contributed by atoms with Crippen LogP contribution in [-0.4, -0.2) is 30.5 Å². The Morgan fingerprint density at radius 2 is 2.14 bits per heavy atom. The molecular formula is C15H21N3O3. The lowest BCUT2D eigenvalue weighted by atomic mass is 10.1. The van der Waals surface area contributed by atoms with Crippen LogP contribution in [0, 0.1) is 0 Å². The largest absolute Gasteiger partial charge is 0.493 e. The number of ether oxygens (including phenoxy) is 1. The SMILES string of the molecule is CCOc1cccc(N)c1C(=O)NC(C)C(=O)NC1CC1. The Bertz CT molecular complexity index is 541. The fourth-order valence-electron chi connectivity index (χ4n) is 1.96. The Morgan fingerprint density at radius 3 is 2.76 bits per heavy atom. The zero-order valence-electron chi connectivity index (χ0n) is 12.3. The fraction of sp³-hybridized carbons (Fsp3) is 0.467. The second kappa shape index (κ2) is 6.47. The third-order valence-electron chi connectivity index (χ3n) is 3.25. The fourth-order valence-corrected chi connectivity index (χ4v) is 1.96. The molecule has 0 bridgehead atoms. The van der Waals surface area contributed by atoms with E-state index in [4.69, 9.17) is 10.5 Å². The van der Waals surface area contributed by atoms with Crippen molar-refractivity contribution in [1.29, 1.82) is 0 Å². The van der Waals surface area contributed by atoms with Crippen molar-refractivity contribution in [2.24, 2.45) is 0 Å². The Morgan fingerprint density at radius 1 is 1.43 bits per heavy atom. The van der Waals surface area contributed by atoms with Gasteiger partial charge in [-0.05, 0) is 38.8 Å². The van der Waals surface area contributed by atoms with E-state index >= 15 is 0 Å². The summed E-state index contributed by atoms with van der Waals surface area (Å²) in [6, 6.07) is 4.68. The van der Waals surface area contributed by atoms with E-state index in [0.717, 1.165) is 12.8 Å². The number of rotatable bonds is 6. The van der Waals surface area contributed by atoms with E-state index in [2.05, 4.69) is 10.6 Å². The van der Waals surface area contributed by atoms with Crippen molar-refractivity contribution in [2.45, 2.75) is 38.8 Å². The molecule has 0 aliphatic heterocycles. The van der Waals surface area contributed by atoms with Crippen LogP contribution in [0.3, 0.4) is 0 Å². The van der Waals surface area contributed by atoms with Gasteiger partial charge in [-0.15, -0.1) is 0 Å². The first-order valence-electron chi connectivity index (χ1n) is 7.15. The molecule has 0 radical (unpaired) electrons. The van der Waals surface area contributed by atoms with E-state index in [9.17, 15) is 9.59 Å². The van der Waals surface area contributed by atoms with Crippen LogP contribution in [0.1, 0.15) is 37.0 Å². The van der Waals surface area contributed by atoms with Crippen LogP contribution in [0.2, 0.25) is 0 Å². The molecule has 6 heteroatoms. The molecule has 1 fully saturated rings. The van der Waals surface area contributed by atoms with Crippen molar-refractivity contribution in [3.8, 4) is 5.75 Å². The average molecular weight is 291 g/mol. The lowest BCUT2D eigenvalue weighted by Gasteiger charge is -2.16. The molecule has 21 heavy (non-hydrogen) atoms. The summed E-state index contributed by atoms with van der Waals surface area (Å²) >= 11 is 0. The van der Waals surface area contributed by atoms with Gasteiger partial charge in [0.15, 0.2) is 0 Å². The minimum Gasteiger partial charge on any atom is -0.493 e. The maximum absolute atomic E-state index is 12.3. The van der Waals surface area contributed by atoms with Crippen LogP contribution in [0.25, 0.3) is 0 Å². The van der Waals surface area contributed by atoms with Crippen molar-refractivity contribution in [2.75, 3.05) is 12.3 Å². The molecule has 1 aromatic rings. The van der Waals surface area contributed by atoms with Crippen LogP contribution in [-0.2, 0) is 4.79 Å². The molecule has 114 valence electrons. The monoisotopic (exact) mass is 291 g/mol. The molecule has 1 aromatic carbocycles. The van der Waals surface area contributed by atoms with Crippen LogP contribution in [0.4, 0.5) is 5.69 Å². The lowest BCUT2D eigenvalue weighted by molar-refractivity contribution is -0.122. The van der Waals surface area contributed by atoms with E-state index in [-0.39, 0.29) is 17.5 Å². The number of hydrogen-bond donors (Lipinski definition) is 3. The first-order valence-corrected chi connectivity index (χ1v) is 7.15. The maximum Gasteiger partial charge on any atom is 0.257 e. The minimum atomic E-state index is -0.618. The topological polar surface area (TPSA) is 93.4 Å². The molecule has 1 saturated carbocycles. The number of nitrogens with two attached hydrogens (primary N) is 1. The number of nitrogens with one attached hydrogen (secondary N) is 2. The van der Waals surface area contributed by atoms with Gasteiger partial charge in [-0.25, -0.2) is 0 Å². The molecule has 1 aliphatic rings. The smallest absolute Gasteiger partial charge is 0.257 e. The van der Waals surface area contributed by atoms with Crippen LogP contribution in [0.15, 0.2) is 18.2 Å². The summed E-state index contributed by atoms with van der Waals surface area (Å²) < 4.78 is 5.41. The first-order chi connectivity index (χ1) is 10.0. The molecule has 2 amide bonds. The summed E-state index contributed by atoms with van der Waals surface area (Å²) in [5, 5.41) is 5.51. The molecular weight excluding hydrogens is 270 g/mol. The van der Waals surface area contributed by atoms with E-state index in [1.54, 1.807) is 25.1 Å². The molecule has 1 unspecified atom stereocenters. The zero-order chi connectivity index (χ0) is 15.4. The number of benzene rings is 1. The van der Waals surface area contributed by atoms with Gasteiger partial charge >= 0.3 is 0 Å². The van der Waals surface area contributed by atoms with Gasteiger partial charge in [-0.1, -0.05) is 6.07 Å². The maximum atomic E-state index is 12.3. The molecule has 0 spiro atoms. The van der Waals surface area contributed by atoms with Crippen molar-refractivity contribution >= 4 is 17.5 Å². The Balaban J connectivity index is 2.06. The third-order valence-corrected chi connectivity index (χ3v) is 3.25. The highest BCUT2D eigenvalue weighted by molar-refractivity contribution is 6.03. The number of carbonyl (C=O) groups is 2. The predicted octanol–water partition coefficient (Wildman–Crippen LogP) is 1.06. The summed E-state index contributed by atoms with van der Waals surface area (Å²) in [7, 11) is 0. The van der Waals surface area contributed by atoms with E-state index in [0.29, 0.717) is 18.0 Å². The van der Waals surface area contributed by atoms with Gasteiger partial charge in [0.25, 0.3) is 5.91 Å². The molecule has 0 saturated heterocycles. The molecule has 1 atom stereocenters. The Hall–Kier alpha value is -2.24. The second-order valence-corrected chi connectivity index (χ2v) is 5.13. The number of anilines is 1. The van der Waals surface area contributed by atoms with Gasteiger partial charge in [0.05, 0.1) is 6.61 Å². The third kappa shape index (κ3) is 3.87. The molecule has 0 aromatic heterocycles. The van der Waals surface area contributed by atoms with Crippen LogP contribution < -0.4 is 21.1 Å². The number of amides is 2. The van der Waals surface area contributed by atoms with Crippen molar-refractivity contribution in [3.05, 3.63) is 23.8 Å². The summed E-state index contributed by atoms with van der Waals surface area (Å²) in [6.45, 7) is 3.91. The highest BCUT2D eigenvalue weighted by Crippen LogP contribution is 2.24. The van der Waals surface area contributed by atoms with Gasteiger partial charge in [0.1, 0.15) is 17.4 Å². The van der Waals surface area contributed by atoms with E-state index in [1.165, 1.54) is 0 Å². The standard InChI is InChI=1S/C15H21N3O3/c1-3-21-12-6-4-5-11(16)13(12)15(20)17-9(2)14(19)18-10-7-8-10/h4-6,9-10H,3,7-8,16H2,1-2H3,(H,17,20)(H,18,19). The first kappa shape index (κ1) is 15.2. The van der Waals surface area contributed by atoms with Gasteiger partial charge in [-0.3, -0.25) is 9.59 Å². The highest BCUT2D eigenvalue weighted by atomic mass is 16.5. The van der Waals surface area contributed by atoms with Gasteiger partial charge < -0.3 is 21.1 Å². The summed E-state index contributed by atoms with van der Waals surface area (Å²) in [6.07, 6.45) is 2.01. The Labute approximate surface area is 124 Å². The Kier molecular flexibility index (Phi) is 4.67. The molecule has 6 nitrogen and oxygen atoms in total. The lowest BCUT2D eigenvalue weighted by Crippen LogP contribution is -2.45. The van der Waals surface area contributed by atoms with Crippen molar-refractivity contribution < 1.29 is 14.3 Å². The second-order valence-electron chi connectivity index (χ2n) is 5.13. The molecule has 1 aliphatic carbocycles. The van der Waals surface area contributed by atoms with Gasteiger partial charge in [0.2, 0.25) is 5.91 Å². The number of carbonyl (C=O) groups excluding carboxylic acids is 2. The van der Waals surface area contributed by atoms with E-state index < -0.39 is 11.9 Å². The van der Waals surface area contributed by atoms with E-state index in [1.807, 2.05) is 6.92 Å². The number of hydrogen-bond acceptors (Lipinski definition) is 4. The van der Waals surface area contributed by atoms with Crippen molar-refractivity contribution in [3.63, 3.8) is 0 Å². The quantitative estimate of drug-likeness (QED) is 0.683. The molecule has 2 rings (SSSR count). The summed E-state index contributed by atoms with van der Waals surface area (Å²) in [4.78, 5) is 24.2. The van der Waals surface area contributed by atoms with Crippen LogP contribution in [0.5, 0.6) is 5.75 Å². The van der Waals surface area contributed by atoms with Crippen LogP contribution >= 0.6 is 0 Å². The zero-order valence-corrected chi connectivity index (χ0v) is 12.3. The van der Waals surface area contributed by atoms with Gasteiger partial charge in [0, 0.05) is 11.7 Å². The van der Waals surface area contributed by atoms with Crippen molar-refractivity contribution in [1.82, 2.24) is 10.6 Å². The molecule has 0 heterocycles. The number of nitrogen functional groups attached to an aromatic ring is 1. The summed E-state index contributed by atoms with van der Waals surface area (Å²) in [5.74, 6) is -0.168. The summed E-state index contributed by atoms with van der Waals surface area (Å²) in [5.41, 5.74) is 6.45. The minimum absolute atomic E-state index is 0.182. The molecule has 4 N–H and O–H groups in total. The predicted molar refractivity (Wildman–Crippen MR) is 80.1 cm³/mol. The average Bonchev–Trinajstić information content (AvgIpc) is 3.22. The highest BCUT2D eigenvalue weighted by Gasteiger charge is 2.27. The van der Waals surface area contributed by atoms with Gasteiger partial charge in [-0.2, -0.15) is 0 Å². The normalized spacial score (nSPS) is 15.1.